The second-order valence-corrected chi connectivity index (χ2v) is 2.14. The highest BCUT2D eigenvalue weighted by Gasteiger charge is 1.97. The van der Waals surface area contributed by atoms with Gasteiger partial charge in [0.05, 0.1) is 0 Å². The smallest absolute Gasteiger partial charge is 0.328 e. The van der Waals surface area contributed by atoms with Crippen LogP contribution >= 0.6 is 0 Å². The van der Waals surface area contributed by atoms with E-state index in [1.807, 2.05) is 0 Å². The first-order valence-electron chi connectivity index (χ1n) is 3.15. The van der Waals surface area contributed by atoms with Crippen LogP contribution in [0, 0.1) is 0 Å². The van der Waals surface area contributed by atoms with Gasteiger partial charge in [-0.25, -0.2) is 4.79 Å². The summed E-state index contributed by atoms with van der Waals surface area (Å²) in [6, 6.07) is 0. The highest BCUT2D eigenvalue weighted by molar-refractivity contribution is 5.80. The van der Waals surface area contributed by atoms with Crippen LogP contribution in [0.25, 0.3) is 0 Å². The topological polar surface area (TPSA) is 57.6 Å². The van der Waals surface area contributed by atoms with Gasteiger partial charge < -0.3 is 10.0 Å². The summed E-state index contributed by atoms with van der Waals surface area (Å²) in [5.41, 5.74) is 0. The molecule has 0 fully saturated rings. The number of amides is 1. The molecule has 0 radical (unpaired) electrons. The van der Waals surface area contributed by atoms with Gasteiger partial charge in [-0.3, -0.25) is 4.79 Å². The Morgan fingerprint density at radius 3 is 2.45 bits per heavy atom. The molecule has 0 aromatic rings. The van der Waals surface area contributed by atoms with Gasteiger partial charge in [-0.2, -0.15) is 0 Å². The molecule has 11 heavy (non-hydrogen) atoms. The summed E-state index contributed by atoms with van der Waals surface area (Å²) in [4.78, 5) is 21.9. The minimum Gasteiger partial charge on any atom is -0.478 e. The SMILES string of the molecule is CC(=O)N(C)CC=CC(=O)O. The molecular weight excluding hydrogens is 146 g/mol. The zero-order valence-corrected chi connectivity index (χ0v) is 6.57. The van der Waals surface area contributed by atoms with Crippen LogP contribution in [0.3, 0.4) is 0 Å². The average Bonchev–Trinajstić information content (AvgIpc) is 1.86. The van der Waals surface area contributed by atoms with Crippen molar-refractivity contribution in [3.63, 3.8) is 0 Å². The van der Waals surface area contributed by atoms with E-state index >= 15 is 0 Å². The number of carboxylic acid groups (broad SMARTS) is 1. The summed E-state index contributed by atoms with van der Waals surface area (Å²) >= 11 is 0. The fraction of sp³-hybridized carbons (Fsp3) is 0.429. The minimum atomic E-state index is -0.998. The van der Waals surface area contributed by atoms with Crippen molar-refractivity contribution >= 4 is 11.9 Å². The van der Waals surface area contributed by atoms with E-state index in [1.165, 1.54) is 17.9 Å². The van der Waals surface area contributed by atoms with Crippen LogP contribution in [0.5, 0.6) is 0 Å². The number of carbonyl (C=O) groups is 2. The molecule has 0 saturated carbocycles. The molecular formula is C7H11NO3. The van der Waals surface area contributed by atoms with Gasteiger partial charge in [0.25, 0.3) is 0 Å². The van der Waals surface area contributed by atoms with Crippen molar-refractivity contribution in [2.45, 2.75) is 6.92 Å². The molecule has 1 amide bonds. The van der Waals surface area contributed by atoms with E-state index in [1.54, 1.807) is 7.05 Å². The van der Waals surface area contributed by atoms with Crippen molar-refractivity contribution in [2.75, 3.05) is 13.6 Å². The lowest BCUT2D eigenvalue weighted by Crippen LogP contribution is -2.23. The van der Waals surface area contributed by atoms with Gasteiger partial charge in [-0.05, 0) is 0 Å². The standard InChI is InChI=1S/C7H11NO3/c1-6(9)8(2)5-3-4-7(10)11/h3-4H,5H2,1-2H3,(H,10,11). The van der Waals surface area contributed by atoms with Crippen LogP contribution < -0.4 is 0 Å². The van der Waals surface area contributed by atoms with Gasteiger partial charge in [0.1, 0.15) is 0 Å². The van der Waals surface area contributed by atoms with E-state index in [0.29, 0.717) is 6.54 Å². The minimum absolute atomic E-state index is 0.0833. The predicted octanol–water partition coefficient (Wildman–Crippen LogP) is 0.106. The number of aliphatic carboxylic acids is 1. The third-order valence-corrected chi connectivity index (χ3v) is 1.18. The largest absolute Gasteiger partial charge is 0.478 e. The first kappa shape index (κ1) is 9.68. The number of carboxylic acids is 1. The molecule has 0 atom stereocenters. The Hall–Kier alpha value is -1.32. The number of nitrogens with zero attached hydrogens (tertiary/aromatic N) is 1. The average molecular weight is 157 g/mol. The molecule has 0 saturated heterocycles. The molecule has 0 heterocycles. The van der Waals surface area contributed by atoms with E-state index < -0.39 is 5.97 Å². The normalized spacial score (nSPS) is 10.0. The van der Waals surface area contributed by atoms with Crippen molar-refractivity contribution in [2.24, 2.45) is 0 Å². The van der Waals surface area contributed by atoms with Gasteiger partial charge in [-0.15, -0.1) is 0 Å². The van der Waals surface area contributed by atoms with Gasteiger partial charge >= 0.3 is 5.97 Å². The van der Waals surface area contributed by atoms with E-state index in [-0.39, 0.29) is 5.91 Å². The van der Waals surface area contributed by atoms with E-state index in [0.717, 1.165) is 6.08 Å². The molecule has 0 aromatic carbocycles. The Kier molecular flexibility index (Phi) is 3.95. The molecule has 4 heteroatoms. The molecule has 1 N–H and O–H groups in total. The molecule has 0 rings (SSSR count). The third-order valence-electron chi connectivity index (χ3n) is 1.18. The first-order chi connectivity index (χ1) is 5.04. The molecule has 0 spiro atoms. The first-order valence-corrected chi connectivity index (χ1v) is 3.15. The number of carbonyl (C=O) groups excluding carboxylic acids is 1. The zero-order valence-electron chi connectivity index (χ0n) is 6.57. The molecule has 0 unspecified atom stereocenters. The fourth-order valence-electron chi connectivity index (χ4n) is 0.440. The van der Waals surface area contributed by atoms with Crippen LogP contribution in [-0.2, 0) is 9.59 Å². The monoisotopic (exact) mass is 157 g/mol. The Balaban J connectivity index is 3.70. The molecule has 0 aliphatic carbocycles. The molecule has 0 aliphatic heterocycles. The highest BCUT2D eigenvalue weighted by Crippen LogP contribution is 1.83. The second kappa shape index (κ2) is 4.49. The summed E-state index contributed by atoms with van der Waals surface area (Å²) in [5, 5.41) is 8.17. The Bertz CT molecular complexity index is 186. The lowest BCUT2D eigenvalue weighted by molar-refractivity contribution is -0.131. The molecule has 0 aromatic heterocycles. The molecule has 62 valence electrons. The summed E-state index contributed by atoms with van der Waals surface area (Å²) in [6.45, 7) is 1.76. The van der Waals surface area contributed by atoms with Crippen molar-refractivity contribution in [1.82, 2.24) is 4.90 Å². The molecule has 0 bridgehead atoms. The van der Waals surface area contributed by atoms with Crippen LogP contribution in [0.1, 0.15) is 6.92 Å². The second-order valence-electron chi connectivity index (χ2n) is 2.14. The van der Waals surface area contributed by atoms with Crippen molar-refractivity contribution in [3.05, 3.63) is 12.2 Å². The number of hydrogen-bond acceptors (Lipinski definition) is 2. The lowest BCUT2D eigenvalue weighted by Gasteiger charge is -2.10. The van der Waals surface area contributed by atoms with Crippen LogP contribution in [-0.4, -0.2) is 35.5 Å². The fourth-order valence-corrected chi connectivity index (χ4v) is 0.440. The van der Waals surface area contributed by atoms with Crippen LogP contribution in [0.2, 0.25) is 0 Å². The zero-order chi connectivity index (χ0) is 8.85. The van der Waals surface area contributed by atoms with Crippen molar-refractivity contribution in [3.8, 4) is 0 Å². The van der Waals surface area contributed by atoms with Gasteiger partial charge in [-0.1, -0.05) is 6.08 Å². The van der Waals surface area contributed by atoms with Crippen molar-refractivity contribution in [1.29, 1.82) is 0 Å². The van der Waals surface area contributed by atoms with Crippen LogP contribution in [0.15, 0.2) is 12.2 Å². The Morgan fingerprint density at radius 2 is 2.09 bits per heavy atom. The number of hydrogen-bond donors (Lipinski definition) is 1. The quantitative estimate of drug-likeness (QED) is 0.591. The number of rotatable bonds is 3. The molecule has 4 nitrogen and oxygen atoms in total. The van der Waals surface area contributed by atoms with Gasteiger partial charge in [0, 0.05) is 26.6 Å². The number of likely N-dealkylation sites (N-methyl/N-ethyl adjacent to an activating group) is 1. The summed E-state index contributed by atoms with van der Waals surface area (Å²) < 4.78 is 0. The summed E-state index contributed by atoms with van der Waals surface area (Å²) in [6.07, 6.45) is 2.43. The van der Waals surface area contributed by atoms with E-state index in [4.69, 9.17) is 5.11 Å². The Labute approximate surface area is 65.1 Å². The van der Waals surface area contributed by atoms with Crippen molar-refractivity contribution < 1.29 is 14.7 Å². The van der Waals surface area contributed by atoms with Crippen LogP contribution in [0.4, 0.5) is 0 Å². The van der Waals surface area contributed by atoms with E-state index in [9.17, 15) is 9.59 Å². The highest BCUT2D eigenvalue weighted by atomic mass is 16.4. The molecule has 0 aliphatic rings. The van der Waals surface area contributed by atoms with Gasteiger partial charge in [0.2, 0.25) is 5.91 Å². The maximum absolute atomic E-state index is 10.6. The maximum Gasteiger partial charge on any atom is 0.328 e. The Morgan fingerprint density at radius 1 is 1.55 bits per heavy atom. The third kappa shape index (κ3) is 5.14. The maximum atomic E-state index is 10.6. The summed E-state index contributed by atoms with van der Waals surface area (Å²) in [7, 11) is 1.61. The lowest BCUT2D eigenvalue weighted by atomic mass is 10.4. The summed E-state index contributed by atoms with van der Waals surface area (Å²) in [5.74, 6) is -1.08. The van der Waals surface area contributed by atoms with E-state index in [2.05, 4.69) is 0 Å². The van der Waals surface area contributed by atoms with Gasteiger partial charge in [0.15, 0.2) is 0 Å². The predicted molar refractivity (Wildman–Crippen MR) is 40.1 cm³/mol.